The highest BCUT2D eigenvalue weighted by molar-refractivity contribution is 5.70. The van der Waals surface area contributed by atoms with Crippen molar-refractivity contribution in [2.24, 2.45) is 0 Å². The lowest BCUT2D eigenvalue weighted by Gasteiger charge is -2.01. The summed E-state index contributed by atoms with van der Waals surface area (Å²) in [6, 6.07) is 10.1. The normalized spacial score (nSPS) is 9.50. The van der Waals surface area contributed by atoms with Crippen LogP contribution >= 0.6 is 0 Å². The van der Waals surface area contributed by atoms with Gasteiger partial charge < -0.3 is 4.84 Å². The molecule has 0 bridgehead atoms. The molecule has 1 amide bonds. The Kier molecular flexibility index (Phi) is 5.70. The van der Waals surface area contributed by atoms with Crippen LogP contribution in [0.3, 0.4) is 0 Å². The molecule has 0 heterocycles. The van der Waals surface area contributed by atoms with Gasteiger partial charge in [-0.15, -0.1) is 0 Å². The van der Waals surface area contributed by atoms with Gasteiger partial charge in [0.05, 0.1) is 0 Å². The third-order valence-electron chi connectivity index (χ3n) is 2.16. The molecular formula is C12H15NO3. The quantitative estimate of drug-likeness (QED) is 0.432. The molecule has 1 aromatic carbocycles. The predicted molar refractivity (Wildman–Crippen MR) is 59.3 cm³/mol. The fourth-order valence-corrected chi connectivity index (χ4v) is 1.38. The van der Waals surface area contributed by atoms with E-state index in [-0.39, 0.29) is 0 Å². The Bertz CT molecular complexity index is 324. The zero-order chi connectivity index (χ0) is 11.6. The summed E-state index contributed by atoms with van der Waals surface area (Å²) < 4.78 is 0. The molecule has 1 aromatic rings. The van der Waals surface area contributed by atoms with Gasteiger partial charge in [-0.3, -0.25) is 4.79 Å². The molecule has 0 aliphatic heterocycles. The van der Waals surface area contributed by atoms with Gasteiger partial charge in [-0.25, -0.2) is 4.79 Å². The Morgan fingerprint density at radius 3 is 2.69 bits per heavy atom. The molecule has 16 heavy (non-hydrogen) atoms. The lowest BCUT2D eigenvalue weighted by Crippen LogP contribution is -2.17. The van der Waals surface area contributed by atoms with E-state index in [1.807, 2.05) is 23.7 Å². The van der Waals surface area contributed by atoms with E-state index >= 15 is 0 Å². The van der Waals surface area contributed by atoms with Gasteiger partial charge in [0.25, 0.3) is 0 Å². The lowest BCUT2D eigenvalue weighted by molar-refractivity contribution is -0.154. The summed E-state index contributed by atoms with van der Waals surface area (Å²) in [5.41, 5.74) is 3.14. The summed E-state index contributed by atoms with van der Waals surface area (Å²) in [5, 5.41) is 0. The monoisotopic (exact) mass is 221 g/mol. The van der Waals surface area contributed by atoms with Crippen molar-refractivity contribution in [1.29, 1.82) is 0 Å². The summed E-state index contributed by atoms with van der Waals surface area (Å²) in [5.74, 6) is -0.403. The number of carbonyl (C=O) groups excluding carboxylic acids is 2. The molecule has 0 aliphatic rings. The number of hydrogen-bond acceptors (Lipinski definition) is 3. The first-order valence-electron chi connectivity index (χ1n) is 5.25. The van der Waals surface area contributed by atoms with Gasteiger partial charge in [0.2, 0.25) is 6.41 Å². The van der Waals surface area contributed by atoms with Gasteiger partial charge in [-0.2, -0.15) is 5.48 Å². The van der Waals surface area contributed by atoms with Crippen LogP contribution in [-0.2, 0) is 20.8 Å². The highest BCUT2D eigenvalue weighted by Crippen LogP contribution is 2.06. The lowest BCUT2D eigenvalue weighted by atomic mass is 10.1. The molecule has 86 valence electrons. The number of aryl methyl sites for hydroxylation is 1. The van der Waals surface area contributed by atoms with Gasteiger partial charge in [0, 0.05) is 6.42 Å². The van der Waals surface area contributed by atoms with Crippen molar-refractivity contribution in [3.8, 4) is 0 Å². The van der Waals surface area contributed by atoms with E-state index < -0.39 is 5.97 Å². The second-order valence-electron chi connectivity index (χ2n) is 3.40. The first kappa shape index (κ1) is 12.2. The van der Waals surface area contributed by atoms with Crippen LogP contribution in [0, 0.1) is 0 Å². The Hall–Kier alpha value is -1.84. The van der Waals surface area contributed by atoms with Crippen LogP contribution in [0.4, 0.5) is 0 Å². The zero-order valence-corrected chi connectivity index (χ0v) is 9.02. The van der Waals surface area contributed by atoms with E-state index in [0.717, 1.165) is 19.3 Å². The molecule has 0 aliphatic carbocycles. The summed E-state index contributed by atoms with van der Waals surface area (Å²) >= 11 is 0. The number of rotatable bonds is 7. The van der Waals surface area contributed by atoms with Crippen molar-refractivity contribution in [2.75, 3.05) is 0 Å². The van der Waals surface area contributed by atoms with Gasteiger partial charge in [0.1, 0.15) is 0 Å². The second-order valence-corrected chi connectivity index (χ2v) is 3.40. The summed E-state index contributed by atoms with van der Waals surface area (Å²) in [7, 11) is 0. The van der Waals surface area contributed by atoms with Crippen molar-refractivity contribution in [3.63, 3.8) is 0 Å². The second kappa shape index (κ2) is 7.45. The SMILES string of the molecule is O=CNOC(=O)CCCCc1ccccc1. The number of nitrogens with one attached hydrogen (secondary N) is 1. The number of hydrogen-bond donors (Lipinski definition) is 1. The van der Waals surface area contributed by atoms with Crippen LogP contribution in [0.1, 0.15) is 24.8 Å². The van der Waals surface area contributed by atoms with Crippen molar-refractivity contribution in [1.82, 2.24) is 5.48 Å². The van der Waals surface area contributed by atoms with Crippen LogP contribution < -0.4 is 5.48 Å². The van der Waals surface area contributed by atoms with Gasteiger partial charge in [0.15, 0.2) is 0 Å². The average Bonchev–Trinajstić information content (AvgIpc) is 2.33. The fraction of sp³-hybridized carbons (Fsp3) is 0.333. The van der Waals surface area contributed by atoms with E-state index in [9.17, 15) is 9.59 Å². The average molecular weight is 221 g/mol. The maximum atomic E-state index is 11.0. The Morgan fingerprint density at radius 2 is 2.00 bits per heavy atom. The smallest absolute Gasteiger partial charge is 0.332 e. The highest BCUT2D eigenvalue weighted by atomic mass is 16.7. The number of unbranched alkanes of at least 4 members (excludes halogenated alkanes) is 1. The molecular weight excluding hydrogens is 206 g/mol. The summed E-state index contributed by atoms with van der Waals surface area (Å²) in [6.07, 6.45) is 3.30. The van der Waals surface area contributed by atoms with Gasteiger partial charge in [-0.05, 0) is 24.8 Å². The maximum absolute atomic E-state index is 11.0. The highest BCUT2D eigenvalue weighted by Gasteiger charge is 2.02. The third kappa shape index (κ3) is 5.14. The van der Waals surface area contributed by atoms with Crippen LogP contribution in [0.2, 0.25) is 0 Å². The summed E-state index contributed by atoms with van der Waals surface area (Å²) in [4.78, 5) is 25.2. The Labute approximate surface area is 94.6 Å². The standard InChI is InChI=1S/C12H15NO3/c14-10-13-16-12(15)9-5-4-8-11-6-2-1-3-7-11/h1-3,6-7,10H,4-5,8-9H2,(H,13,14). The first-order valence-corrected chi connectivity index (χ1v) is 5.25. The minimum atomic E-state index is -0.403. The van der Waals surface area contributed by atoms with Gasteiger partial charge >= 0.3 is 5.97 Å². The molecule has 0 radical (unpaired) electrons. The number of hydroxylamine groups is 1. The van der Waals surface area contributed by atoms with E-state index in [0.29, 0.717) is 12.8 Å². The molecule has 0 fully saturated rings. The maximum Gasteiger partial charge on any atom is 0.332 e. The molecule has 0 saturated carbocycles. The van der Waals surface area contributed by atoms with E-state index in [1.54, 1.807) is 0 Å². The molecule has 0 unspecified atom stereocenters. The minimum absolute atomic E-state index is 0.327. The first-order chi connectivity index (χ1) is 7.83. The molecule has 0 aromatic heterocycles. The summed E-state index contributed by atoms with van der Waals surface area (Å²) in [6.45, 7) is 0. The van der Waals surface area contributed by atoms with E-state index in [4.69, 9.17) is 0 Å². The van der Waals surface area contributed by atoms with Crippen molar-refractivity contribution in [3.05, 3.63) is 35.9 Å². The molecule has 0 atom stereocenters. The molecule has 1 N–H and O–H groups in total. The zero-order valence-electron chi connectivity index (χ0n) is 9.02. The van der Waals surface area contributed by atoms with Crippen LogP contribution in [0.25, 0.3) is 0 Å². The predicted octanol–water partition coefficient (Wildman–Crippen LogP) is 1.60. The van der Waals surface area contributed by atoms with Crippen LogP contribution in [0.15, 0.2) is 30.3 Å². The van der Waals surface area contributed by atoms with Crippen LogP contribution in [0.5, 0.6) is 0 Å². The molecule has 4 heteroatoms. The Balaban J connectivity index is 2.08. The molecule has 1 rings (SSSR count). The topological polar surface area (TPSA) is 55.4 Å². The Morgan fingerprint density at radius 1 is 1.25 bits per heavy atom. The number of carbonyl (C=O) groups is 2. The largest absolute Gasteiger partial charge is 0.341 e. The number of amides is 1. The van der Waals surface area contributed by atoms with Crippen LogP contribution in [-0.4, -0.2) is 12.4 Å². The number of benzene rings is 1. The minimum Gasteiger partial charge on any atom is -0.341 e. The third-order valence-corrected chi connectivity index (χ3v) is 2.16. The fourth-order valence-electron chi connectivity index (χ4n) is 1.38. The van der Waals surface area contributed by atoms with E-state index in [2.05, 4.69) is 17.0 Å². The molecule has 4 nitrogen and oxygen atoms in total. The molecule has 0 saturated heterocycles. The van der Waals surface area contributed by atoms with Gasteiger partial charge in [-0.1, -0.05) is 30.3 Å². The molecule has 0 spiro atoms. The van der Waals surface area contributed by atoms with Crippen molar-refractivity contribution in [2.45, 2.75) is 25.7 Å². The van der Waals surface area contributed by atoms with Crippen molar-refractivity contribution < 1.29 is 14.4 Å². The van der Waals surface area contributed by atoms with Crippen molar-refractivity contribution >= 4 is 12.4 Å². The van der Waals surface area contributed by atoms with E-state index in [1.165, 1.54) is 5.56 Å².